The summed E-state index contributed by atoms with van der Waals surface area (Å²) < 4.78 is 38.4. The number of methoxy groups -OCH3 is 1. The molecule has 0 aliphatic heterocycles. The van der Waals surface area contributed by atoms with Crippen LogP contribution in [0.2, 0.25) is 5.02 Å². The van der Waals surface area contributed by atoms with E-state index in [1.54, 1.807) is 91.0 Å². The summed E-state index contributed by atoms with van der Waals surface area (Å²) in [6.45, 7) is -0.711. The van der Waals surface area contributed by atoms with Crippen molar-refractivity contribution in [2.75, 3.05) is 29.9 Å². The fourth-order valence-electron chi connectivity index (χ4n) is 3.69. The third-order valence-corrected chi connectivity index (χ3v) is 7.76. The molecule has 42 heavy (non-hydrogen) atoms. The van der Waals surface area contributed by atoms with Gasteiger partial charge in [-0.2, -0.15) is 5.10 Å². The summed E-state index contributed by atoms with van der Waals surface area (Å²) in [5.41, 5.74) is 3.85. The largest absolute Gasteiger partial charge is 0.497 e. The molecule has 0 saturated carbocycles. The Labute approximate surface area is 248 Å². The van der Waals surface area contributed by atoms with E-state index in [-0.39, 0.29) is 23.1 Å². The van der Waals surface area contributed by atoms with Crippen LogP contribution >= 0.6 is 11.6 Å². The van der Waals surface area contributed by atoms with Crippen molar-refractivity contribution in [2.45, 2.75) is 4.90 Å². The zero-order valence-electron chi connectivity index (χ0n) is 22.4. The van der Waals surface area contributed by atoms with E-state index in [0.717, 1.165) is 4.31 Å². The lowest BCUT2D eigenvalue weighted by molar-refractivity contribution is -0.119. The van der Waals surface area contributed by atoms with Gasteiger partial charge in [-0.15, -0.1) is 0 Å². The van der Waals surface area contributed by atoms with Gasteiger partial charge in [0.2, 0.25) is 0 Å². The number of hydrogen-bond acceptors (Lipinski definition) is 7. The minimum Gasteiger partial charge on any atom is -0.497 e. The maximum absolute atomic E-state index is 13.4. The Bertz CT molecular complexity index is 1650. The number of hydrogen-bond donors (Lipinski definition) is 2. The summed E-state index contributed by atoms with van der Waals surface area (Å²) in [7, 11) is -2.55. The van der Waals surface area contributed by atoms with Crippen LogP contribution < -0.4 is 24.5 Å². The number of amides is 2. The van der Waals surface area contributed by atoms with E-state index in [2.05, 4.69) is 15.8 Å². The minimum absolute atomic E-state index is 0.0429. The minimum atomic E-state index is -4.05. The van der Waals surface area contributed by atoms with Gasteiger partial charge in [0.25, 0.3) is 21.8 Å². The normalized spacial score (nSPS) is 11.1. The van der Waals surface area contributed by atoms with Crippen LogP contribution in [0.15, 0.2) is 113 Å². The van der Waals surface area contributed by atoms with E-state index in [0.29, 0.717) is 27.8 Å². The average Bonchev–Trinajstić information content (AvgIpc) is 3.00. The second-order valence-electron chi connectivity index (χ2n) is 8.73. The molecule has 0 saturated heterocycles. The monoisotopic (exact) mass is 606 g/mol. The molecule has 12 heteroatoms. The number of nitrogens with one attached hydrogen (secondary N) is 2. The molecule has 4 aromatic carbocycles. The lowest BCUT2D eigenvalue weighted by atomic mass is 10.2. The molecule has 0 radical (unpaired) electrons. The lowest BCUT2D eigenvalue weighted by Crippen LogP contribution is -2.39. The van der Waals surface area contributed by atoms with Crippen molar-refractivity contribution in [1.29, 1.82) is 0 Å². The Kier molecular flexibility index (Phi) is 10.1. The predicted octanol–water partition coefficient (Wildman–Crippen LogP) is 4.71. The third kappa shape index (κ3) is 8.32. The van der Waals surface area contributed by atoms with Crippen molar-refractivity contribution >= 4 is 51.0 Å². The van der Waals surface area contributed by atoms with Gasteiger partial charge in [0.1, 0.15) is 18.0 Å². The van der Waals surface area contributed by atoms with Gasteiger partial charge in [0, 0.05) is 10.7 Å². The van der Waals surface area contributed by atoms with Crippen molar-refractivity contribution in [3.05, 3.63) is 114 Å². The molecule has 0 atom stereocenters. The first-order chi connectivity index (χ1) is 20.2. The van der Waals surface area contributed by atoms with Crippen molar-refractivity contribution in [2.24, 2.45) is 5.10 Å². The van der Waals surface area contributed by atoms with Crippen molar-refractivity contribution in [1.82, 2.24) is 5.43 Å². The number of rotatable bonds is 12. The molecular weight excluding hydrogens is 580 g/mol. The van der Waals surface area contributed by atoms with E-state index in [4.69, 9.17) is 21.1 Å². The zero-order valence-corrected chi connectivity index (χ0v) is 24.0. The number of halogens is 1. The van der Waals surface area contributed by atoms with Crippen molar-refractivity contribution < 1.29 is 27.5 Å². The van der Waals surface area contributed by atoms with Crippen molar-refractivity contribution in [3.63, 3.8) is 0 Å². The van der Waals surface area contributed by atoms with Gasteiger partial charge in [-0.3, -0.25) is 13.9 Å². The van der Waals surface area contributed by atoms with Crippen LogP contribution in [0.3, 0.4) is 0 Å². The summed E-state index contributed by atoms with van der Waals surface area (Å²) in [6, 6.07) is 27.6. The van der Waals surface area contributed by atoms with E-state index < -0.39 is 22.5 Å². The fraction of sp³-hybridized carbons (Fsp3) is 0.100. The summed E-state index contributed by atoms with van der Waals surface area (Å²) in [5.74, 6) is 0.0107. The number of ether oxygens (including phenoxy) is 2. The maximum Gasteiger partial charge on any atom is 0.264 e. The van der Waals surface area contributed by atoms with Crippen LogP contribution in [0.1, 0.15) is 5.56 Å². The molecule has 4 aromatic rings. The Morgan fingerprint density at radius 2 is 1.57 bits per heavy atom. The van der Waals surface area contributed by atoms with Crippen molar-refractivity contribution in [3.8, 4) is 11.5 Å². The fourth-order valence-corrected chi connectivity index (χ4v) is 5.32. The molecule has 4 rings (SSSR count). The number of hydrazone groups is 1. The smallest absolute Gasteiger partial charge is 0.264 e. The highest BCUT2D eigenvalue weighted by molar-refractivity contribution is 7.92. The van der Waals surface area contributed by atoms with Crippen LogP contribution in [0, 0.1) is 0 Å². The summed E-state index contributed by atoms with van der Waals surface area (Å²) >= 11 is 5.92. The molecule has 0 aromatic heterocycles. The first-order valence-electron chi connectivity index (χ1n) is 12.6. The first-order valence-corrected chi connectivity index (χ1v) is 14.4. The molecular formula is C30H27ClN4O6S. The van der Waals surface area contributed by atoms with Crippen LogP contribution in [0.25, 0.3) is 0 Å². The number of anilines is 2. The lowest BCUT2D eigenvalue weighted by Gasteiger charge is -2.23. The number of carbonyl (C=O) groups is 2. The second kappa shape index (κ2) is 14.2. The highest BCUT2D eigenvalue weighted by Crippen LogP contribution is 2.25. The molecule has 0 bridgehead atoms. The molecule has 10 nitrogen and oxygen atoms in total. The number of benzene rings is 4. The highest BCUT2D eigenvalue weighted by Gasteiger charge is 2.27. The van der Waals surface area contributed by atoms with E-state index in [9.17, 15) is 18.0 Å². The topological polar surface area (TPSA) is 126 Å². The summed E-state index contributed by atoms with van der Waals surface area (Å²) in [5, 5.41) is 7.15. The molecule has 0 heterocycles. The van der Waals surface area contributed by atoms with Gasteiger partial charge in [-0.05, 0) is 84.4 Å². The quantitative estimate of drug-likeness (QED) is 0.178. The molecule has 0 aliphatic rings. The molecule has 0 unspecified atom stereocenters. The van der Waals surface area contributed by atoms with Crippen LogP contribution in [0.5, 0.6) is 11.5 Å². The highest BCUT2D eigenvalue weighted by atomic mass is 35.5. The van der Waals surface area contributed by atoms with E-state index in [1.807, 2.05) is 0 Å². The summed E-state index contributed by atoms with van der Waals surface area (Å²) in [6.07, 6.45) is 1.40. The Hall–Kier alpha value is -4.87. The van der Waals surface area contributed by atoms with Crippen LogP contribution in [-0.4, -0.2) is 46.7 Å². The van der Waals surface area contributed by atoms with Gasteiger partial charge in [0.15, 0.2) is 6.61 Å². The van der Waals surface area contributed by atoms with Gasteiger partial charge in [-0.1, -0.05) is 35.9 Å². The molecule has 2 amide bonds. The Balaban J connectivity index is 1.34. The molecule has 0 fully saturated rings. The predicted molar refractivity (Wildman–Crippen MR) is 162 cm³/mol. The standard InChI is InChI=1S/C30H27ClN4O6S/c1-40-26-16-12-25(13-17-26)35(42(38,39)28-8-3-2-4-9-28)20-29(36)34-32-19-22-10-14-27(15-11-22)41-21-30(37)33-24-7-5-6-23(31)18-24/h2-19H,20-21H2,1H3,(H,33,37)(H,34,36)/b32-19+. The number of nitrogens with zero attached hydrogens (tertiary/aromatic N) is 2. The first kappa shape index (κ1) is 30.1. The van der Waals surface area contributed by atoms with Gasteiger partial charge in [-0.25, -0.2) is 13.8 Å². The van der Waals surface area contributed by atoms with Gasteiger partial charge < -0.3 is 14.8 Å². The maximum atomic E-state index is 13.4. The van der Waals surface area contributed by atoms with Crippen LogP contribution in [-0.2, 0) is 19.6 Å². The molecule has 2 N–H and O–H groups in total. The number of sulfonamides is 1. The zero-order chi connectivity index (χ0) is 30.0. The third-order valence-electron chi connectivity index (χ3n) is 5.74. The van der Waals surface area contributed by atoms with E-state index in [1.165, 1.54) is 25.5 Å². The molecule has 216 valence electrons. The van der Waals surface area contributed by atoms with E-state index >= 15 is 0 Å². The Morgan fingerprint density at radius 3 is 2.24 bits per heavy atom. The van der Waals surface area contributed by atoms with Gasteiger partial charge in [0.05, 0.1) is 23.9 Å². The SMILES string of the molecule is COc1ccc(N(CC(=O)N/N=C/c2ccc(OCC(=O)Nc3cccc(Cl)c3)cc2)S(=O)(=O)c2ccccc2)cc1. The molecule has 0 aliphatic carbocycles. The molecule has 0 spiro atoms. The second-order valence-corrected chi connectivity index (χ2v) is 11.0. The Morgan fingerprint density at radius 1 is 0.881 bits per heavy atom. The van der Waals surface area contributed by atoms with Crippen LogP contribution in [0.4, 0.5) is 11.4 Å². The summed E-state index contributed by atoms with van der Waals surface area (Å²) in [4.78, 5) is 24.9. The van der Waals surface area contributed by atoms with Gasteiger partial charge >= 0.3 is 0 Å². The number of carbonyl (C=O) groups excluding carboxylic acids is 2. The average molecular weight is 607 g/mol.